The van der Waals surface area contributed by atoms with Gasteiger partial charge in [0.15, 0.2) is 17.8 Å². The summed E-state index contributed by atoms with van der Waals surface area (Å²) in [5.74, 6) is 0. The molecule has 0 unspecified atom stereocenters. The summed E-state index contributed by atoms with van der Waals surface area (Å²) in [6.45, 7) is 4.50. The summed E-state index contributed by atoms with van der Waals surface area (Å²) in [5, 5.41) is 0. The zero-order valence-electron chi connectivity index (χ0n) is 13.5. The van der Waals surface area contributed by atoms with Crippen LogP contribution < -0.4 is 17.0 Å². The Kier molecular flexibility index (Phi) is 6.63. The van der Waals surface area contributed by atoms with Crippen molar-refractivity contribution in [2.24, 2.45) is 0 Å². The molecule has 0 aliphatic carbocycles. The van der Waals surface area contributed by atoms with Crippen LogP contribution in [0.1, 0.15) is 25.3 Å². The van der Waals surface area contributed by atoms with E-state index in [2.05, 4.69) is 77.0 Å². The number of hydrogen-bond donors (Lipinski definition) is 0. The third-order valence-electron chi connectivity index (χ3n) is 3.85. The van der Waals surface area contributed by atoms with Crippen molar-refractivity contribution in [3.05, 3.63) is 66.5 Å². The highest BCUT2D eigenvalue weighted by atomic mass is 35.5. The van der Waals surface area contributed by atoms with Crippen LogP contribution in [0.4, 0.5) is 0 Å². The summed E-state index contributed by atoms with van der Waals surface area (Å²) in [4.78, 5) is 0. The summed E-state index contributed by atoms with van der Waals surface area (Å²) in [6.07, 6.45) is 4.44. The zero-order chi connectivity index (χ0) is 15.2. The Bertz CT molecular complexity index is 725. The van der Waals surface area contributed by atoms with Crippen molar-refractivity contribution in [2.45, 2.75) is 33.0 Å². The van der Waals surface area contributed by atoms with Crippen LogP contribution in [0.3, 0.4) is 0 Å². The Hall–Kier alpha value is -1.84. The van der Waals surface area contributed by atoms with E-state index in [1.807, 2.05) is 0 Å². The van der Waals surface area contributed by atoms with Crippen LogP contribution in [-0.2, 0) is 18.0 Å². The van der Waals surface area contributed by atoms with Crippen molar-refractivity contribution < 1.29 is 21.7 Å². The van der Waals surface area contributed by atoms with Gasteiger partial charge >= 0.3 is 0 Å². The summed E-state index contributed by atoms with van der Waals surface area (Å²) in [6, 6.07) is 19.0. The second kappa shape index (κ2) is 8.70. The van der Waals surface area contributed by atoms with Gasteiger partial charge in [0.1, 0.15) is 6.54 Å². The molecule has 0 saturated heterocycles. The molecule has 0 aliphatic rings. The first-order valence-electron chi connectivity index (χ1n) is 7.97. The number of unbranched alkanes of at least 4 members (excludes halogenated alkanes) is 1. The third-order valence-corrected chi connectivity index (χ3v) is 3.85. The number of imidazole rings is 1. The lowest BCUT2D eigenvalue weighted by atomic mass is 10.2. The molecule has 0 saturated carbocycles. The number of para-hydroxylation sites is 2. The third kappa shape index (κ3) is 4.34. The summed E-state index contributed by atoms with van der Waals surface area (Å²) in [7, 11) is 0. The average Bonchev–Trinajstić information content (AvgIpc) is 2.91. The molecule has 3 aromatic rings. The predicted octanol–water partition coefficient (Wildman–Crippen LogP) is 0.755. The van der Waals surface area contributed by atoms with Crippen LogP contribution >= 0.6 is 0 Å². The van der Waals surface area contributed by atoms with Gasteiger partial charge < -0.3 is 17.1 Å². The molecule has 0 radical (unpaired) electrons. The van der Waals surface area contributed by atoms with Gasteiger partial charge in [-0.1, -0.05) is 55.8 Å². The zero-order valence-corrected chi connectivity index (χ0v) is 14.2. The highest BCUT2D eigenvalue weighted by Gasteiger charge is 2.15. The molecular formula is C19H23ClN2O. The minimum absolute atomic E-state index is 0. The van der Waals surface area contributed by atoms with E-state index in [0.717, 1.165) is 19.6 Å². The molecule has 23 heavy (non-hydrogen) atoms. The van der Waals surface area contributed by atoms with Crippen molar-refractivity contribution in [3.8, 4) is 0 Å². The van der Waals surface area contributed by atoms with Crippen LogP contribution in [0.5, 0.6) is 0 Å². The Morgan fingerprint density at radius 2 is 1.74 bits per heavy atom. The molecule has 0 N–H and O–H groups in total. The fourth-order valence-electron chi connectivity index (χ4n) is 2.66. The van der Waals surface area contributed by atoms with Crippen molar-refractivity contribution in [1.82, 2.24) is 4.57 Å². The Morgan fingerprint density at radius 1 is 1.00 bits per heavy atom. The molecule has 4 heteroatoms. The number of rotatable bonds is 7. The largest absolute Gasteiger partial charge is 1.00 e. The van der Waals surface area contributed by atoms with E-state index in [0.29, 0.717) is 6.73 Å². The van der Waals surface area contributed by atoms with Gasteiger partial charge in [0.2, 0.25) is 6.33 Å². The molecule has 1 heterocycles. The molecule has 122 valence electrons. The first kappa shape index (κ1) is 17.5. The van der Waals surface area contributed by atoms with Crippen molar-refractivity contribution in [2.75, 3.05) is 6.61 Å². The molecule has 0 bridgehead atoms. The lowest BCUT2D eigenvalue weighted by Crippen LogP contribution is -3.00. The highest BCUT2D eigenvalue weighted by molar-refractivity contribution is 5.71. The number of halogens is 1. The topological polar surface area (TPSA) is 18.0 Å². The molecule has 3 rings (SSSR count). The SMILES string of the molecule is CCCCOCn1c[n+](Cc2ccccc2)c2ccccc21.[Cl-]. The minimum Gasteiger partial charge on any atom is -1.00 e. The van der Waals surface area contributed by atoms with Crippen LogP contribution in [0.25, 0.3) is 11.0 Å². The van der Waals surface area contributed by atoms with E-state index in [9.17, 15) is 0 Å². The van der Waals surface area contributed by atoms with Crippen LogP contribution in [0, 0.1) is 0 Å². The Balaban J connectivity index is 0.00000192. The van der Waals surface area contributed by atoms with Gasteiger partial charge in [-0.05, 0) is 24.1 Å². The molecule has 0 atom stereocenters. The van der Waals surface area contributed by atoms with Gasteiger partial charge in [-0.2, -0.15) is 0 Å². The molecule has 0 aliphatic heterocycles. The normalized spacial score (nSPS) is 10.7. The molecule has 2 aromatic carbocycles. The second-order valence-electron chi connectivity index (χ2n) is 5.58. The van der Waals surface area contributed by atoms with Crippen LogP contribution in [0.2, 0.25) is 0 Å². The number of benzene rings is 2. The Morgan fingerprint density at radius 3 is 2.52 bits per heavy atom. The molecule has 1 aromatic heterocycles. The fourth-order valence-corrected chi connectivity index (χ4v) is 2.66. The van der Waals surface area contributed by atoms with Crippen LogP contribution in [-0.4, -0.2) is 11.2 Å². The van der Waals surface area contributed by atoms with E-state index in [4.69, 9.17) is 4.74 Å². The lowest BCUT2D eigenvalue weighted by Gasteiger charge is -2.00. The quantitative estimate of drug-likeness (QED) is 0.462. The smallest absolute Gasteiger partial charge is 0.246 e. The lowest BCUT2D eigenvalue weighted by molar-refractivity contribution is -0.663. The monoisotopic (exact) mass is 330 g/mol. The van der Waals surface area contributed by atoms with Gasteiger partial charge in [0.05, 0.1) is 6.61 Å². The van der Waals surface area contributed by atoms with Crippen molar-refractivity contribution in [1.29, 1.82) is 0 Å². The number of fused-ring (bicyclic) bond motifs is 1. The summed E-state index contributed by atoms with van der Waals surface area (Å²) < 4.78 is 10.3. The van der Waals surface area contributed by atoms with Gasteiger partial charge in [-0.25, -0.2) is 9.13 Å². The molecule has 0 fully saturated rings. The maximum absolute atomic E-state index is 5.78. The van der Waals surface area contributed by atoms with Gasteiger partial charge in [0.25, 0.3) is 0 Å². The maximum atomic E-state index is 5.78. The number of nitrogens with zero attached hydrogens (tertiary/aromatic N) is 2. The first-order valence-corrected chi connectivity index (χ1v) is 7.97. The second-order valence-corrected chi connectivity index (χ2v) is 5.58. The number of ether oxygens (including phenoxy) is 1. The van der Waals surface area contributed by atoms with Gasteiger partial charge in [-0.15, -0.1) is 0 Å². The van der Waals surface area contributed by atoms with E-state index < -0.39 is 0 Å². The van der Waals surface area contributed by atoms with Crippen molar-refractivity contribution >= 4 is 11.0 Å². The molecular weight excluding hydrogens is 308 g/mol. The van der Waals surface area contributed by atoms with Gasteiger partial charge in [0, 0.05) is 0 Å². The van der Waals surface area contributed by atoms with Gasteiger partial charge in [-0.3, -0.25) is 0 Å². The maximum Gasteiger partial charge on any atom is 0.246 e. The highest BCUT2D eigenvalue weighted by Crippen LogP contribution is 2.12. The first-order chi connectivity index (χ1) is 10.9. The Labute approximate surface area is 143 Å². The standard InChI is InChI=1S/C19H23N2O.ClH/c1-2-3-13-22-16-21-15-20(14-17-9-5-4-6-10-17)18-11-7-8-12-19(18)21;/h4-12,15H,2-3,13-14,16H2,1H3;1H/q+1;/p-1. The molecule has 3 nitrogen and oxygen atoms in total. The average molecular weight is 331 g/mol. The molecule has 0 spiro atoms. The fraction of sp³-hybridized carbons (Fsp3) is 0.316. The van der Waals surface area contributed by atoms with Crippen LogP contribution in [0.15, 0.2) is 60.9 Å². The number of aromatic nitrogens is 2. The van der Waals surface area contributed by atoms with Crippen molar-refractivity contribution in [3.63, 3.8) is 0 Å². The molecule has 0 amide bonds. The van der Waals surface area contributed by atoms with E-state index in [1.54, 1.807) is 0 Å². The predicted molar refractivity (Wildman–Crippen MR) is 88.5 cm³/mol. The van der Waals surface area contributed by atoms with E-state index in [-0.39, 0.29) is 12.4 Å². The number of hydrogen-bond acceptors (Lipinski definition) is 1. The van der Waals surface area contributed by atoms with E-state index in [1.165, 1.54) is 23.0 Å². The van der Waals surface area contributed by atoms with E-state index >= 15 is 0 Å². The minimum atomic E-state index is 0. The summed E-state index contributed by atoms with van der Waals surface area (Å²) >= 11 is 0. The summed E-state index contributed by atoms with van der Waals surface area (Å²) in [5.41, 5.74) is 3.77.